The highest BCUT2D eigenvalue weighted by molar-refractivity contribution is 6.83. The molecule has 0 bridgehead atoms. The summed E-state index contributed by atoms with van der Waals surface area (Å²) in [6, 6.07) is 2.24. The van der Waals surface area contributed by atoms with Crippen molar-refractivity contribution in [2.24, 2.45) is 7.05 Å². The Balaban J connectivity index is 2.77. The average molecular weight is 444 g/mol. The Hall–Kier alpha value is -2.84. The van der Waals surface area contributed by atoms with Crippen LogP contribution in [0.5, 0.6) is 5.75 Å². The van der Waals surface area contributed by atoms with Gasteiger partial charge in [0.05, 0.1) is 11.3 Å². The zero-order chi connectivity index (χ0) is 22.9. The molecule has 0 aliphatic heterocycles. The van der Waals surface area contributed by atoms with E-state index < -0.39 is 42.7 Å². The Morgan fingerprint density at radius 3 is 2.30 bits per heavy atom. The fourth-order valence-electron chi connectivity index (χ4n) is 2.43. The average Bonchev–Trinajstić information content (AvgIpc) is 2.61. The Kier molecular flexibility index (Phi) is 6.63. The van der Waals surface area contributed by atoms with Crippen LogP contribution in [0.3, 0.4) is 0 Å². The second-order valence-corrected chi connectivity index (χ2v) is 12.1. The molecular formula is C19H20F4N2O4Si. The second-order valence-electron chi connectivity index (χ2n) is 7.39. The van der Waals surface area contributed by atoms with E-state index in [4.69, 9.17) is 9.47 Å². The summed E-state index contributed by atoms with van der Waals surface area (Å²) in [5, 5.41) is 0. The first-order valence-electron chi connectivity index (χ1n) is 8.65. The number of alkyl halides is 3. The van der Waals surface area contributed by atoms with Gasteiger partial charge in [-0.25, -0.2) is 13.8 Å². The van der Waals surface area contributed by atoms with Gasteiger partial charge in [-0.15, -0.1) is 5.54 Å². The Labute approximate surface area is 170 Å². The van der Waals surface area contributed by atoms with Crippen molar-refractivity contribution < 1.29 is 27.0 Å². The molecule has 0 N–H and O–H groups in total. The van der Waals surface area contributed by atoms with Crippen molar-refractivity contribution in [2.45, 2.75) is 25.8 Å². The van der Waals surface area contributed by atoms with Crippen molar-refractivity contribution in [3.8, 4) is 22.9 Å². The van der Waals surface area contributed by atoms with Crippen LogP contribution >= 0.6 is 0 Å². The Morgan fingerprint density at radius 1 is 1.13 bits per heavy atom. The predicted octanol–water partition coefficient (Wildman–Crippen LogP) is 2.91. The van der Waals surface area contributed by atoms with Crippen LogP contribution in [0.25, 0.3) is 5.69 Å². The number of halogens is 4. The van der Waals surface area contributed by atoms with E-state index in [0.29, 0.717) is 4.57 Å². The number of hydrogen-bond acceptors (Lipinski definition) is 4. The number of rotatable bonds is 4. The molecule has 162 valence electrons. The van der Waals surface area contributed by atoms with E-state index in [1.807, 2.05) is 19.6 Å². The van der Waals surface area contributed by atoms with E-state index in [2.05, 4.69) is 11.5 Å². The third-order valence-electron chi connectivity index (χ3n) is 3.80. The summed E-state index contributed by atoms with van der Waals surface area (Å²) in [6.45, 7) is 5.70. The zero-order valence-electron chi connectivity index (χ0n) is 17.0. The molecule has 2 rings (SSSR count). The largest absolute Gasteiger partial charge is 0.466 e. The number of methoxy groups -OCH3 is 1. The van der Waals surface area contributed by atoms with Crippen molar-refractivity contribution in [1.82, 2.24) is 9.13 Å². The number of ether oxygens (including phenoxy) is 2. The SMILES string of the molecule is COCOc1cc(-n2c(=O)cc(C(F)(F)F)n(C)c2=O)c(F)cc1C#C[Si](C)(C)C. The molecule has 1 heterocycles. The summed E-state index contributed by atoms with van der Waals surface area (Å²) in [7, 11) is 0.373. The number of benzene rings is 1. The zero-order valence-corrected chi connectivity index (χ0v) is 18.0. The number of nitrogens with zero attached hydrogens (tertiary/aromatic N) is 2. The molecule has 0 fully saturated rings. The van der Waals surface area contributed by atoms with E-state index in [1.165, 1.54) is 7.11 Å². The van der Waals surface area contributed by atoms with Gasteiger partial charge >= 0.3 is 11.9 Å². The molecule has 0 unspecified atom stereocenters. The molecule has 0 radical (unpaired) electrons. The first kappa shape index (κ1) is 23.4. The highest BCUT2D eigenvalue weighted by Crippen LogP contribution is 2.28. The van der Waals surface area contributed by atoms with E-state index >= 15 is 0 Å². The maximum atomic E-state index is 14.8. The molecule has 2 aromatic rings. The lowest BCUT2D eigenvalue weighted by Crippen LogP contribution is -2.41. The summed E-state index contributed by atoms with van der Waals surface area (Å²) >= 11 is 0. The van der Waals surface area contributed by atoms with Crippen LogP contribution in [0.4, 0.5) is 17.6 Å². The molecule has 0 aliphatic carbocycles. The quantitative estimate of drug-likeness (QED) is 0.315. The molecule has 0 aliphatic rings. The van der Waals surface area contributed by atoms with Crippen LogP contribution in [-0.2, 0) is 18.0 Å². The topological polar surface area (TPSA) is 62.5 Å². The van der Waals surface area contributed by atoms with Gasteiger partial charge < -0.3 is 9.47 Å². The van der Waals surface area contributed by atoms with Crippen molar-refractivity contribution in [1.29, 1.82) is 0 Å². The molecule has 0 saturated heterocycles. The number of hydrogen-bond donors (Lipinski definition) is 0. The maximum absolute atomic E-state index is 14.8. The smallest absolute Gasteiger partial charge is 0.431 e. The van der Waals surface area contributed by atoms with Crippen molar-refractivity contribution in [2.75, 3.05) is 13.9 Å². The summed E-state index contributed by atoms with van der Waals surface area (Å²) in [6.07, 6.45) is -4.92. The molecule has 1 aromatic carbocycles. The van der Waals surface area contributed by atoms with Gasteiger partial charge in [0.25, 0.3) is 5.56 Å². The van der Waals surface area contributed by atoms with Crippen LogP contribution in [0.2, 0.25) is 19.6 Å². The van der Waals surface area contributed by atoms with Gasteiger partial charge in [-0.1, -0.05) is 25.6 Å². The molecule has 1 aromatic heterocycles. The second kappa shape index (κ2) is 8.49. The predicted molar refractivity (Wildman–Crippen MR) is 105 cm³/mol. The van der Waals surface area contributed by atoms with Gasteiger partial charge in [-0.05, 0) is 6.07 Å². The van der Waals surface area contributed by atoms with Crippen LogP contribution in [0.1, 0.15) is 11.3 Å². The molecule has 0 saturated carbocycles. The normalized spacial score (nSPS) is 11.8. The fraction of sp³-hybridized carbons (Fsp3) is 0.368. The van der Waals surface area contributed by atoms with Gasteiger partial charge in [0, 0.05) is 26.3 Å². The molecule has 0 atom stereocenters. The van der Waals surface area contributed by atoms with E-state index in [9.17, 15) is 27.2 Å². The summed E-state index contributed by atoms with van der Waals surface area (Å²) in [4.78, 5) is 24.7. The number of aromatic nitrogens is 2. The summed E-state index contributed by atoms with van der Waals surface area (Å²) in [5.41, 5.74) is -1.48. The van der Waals surface area contributed by atoms with Gasteiger partial charge in [0.1, 0.15) is 25.3 Å². The van der Waals surface area contributed by atoms with E-state index in [0.717, 1.165) is 19.2 Å². The molecule has 0 amide bonds. The Bertz CT molecular complexity index is 1140. The standard InChI is InChI=1S/C19H20F4N2O4Si/c1-24-16(19(21,22)23)10-17(26)25(18(24)27)14-9-15(29-11-28-2)12(8-13(14)20)6-7-30(3,4)5/h8-10H,11H2,1-5H3. The van der Waals surface area contributed by atoms with Crippen LogP contribution in [-0.4, -0.2) is 31.1 Å². The van der Waals surface area contributed by atoms with Crippen LogP contribution < -0.4 is 16.0 Å². The summed E-state index contributed by atoms with van der Waals surface area (Å²) < 4.78 is 64.6. The first-order valence-corrected chi connectivity index (χ1v) is 12.2. The van der Waals surface area contributed by atoms with E-state index in [-0.39, 0.29) is 28.7 Å². The molecule has 0 spiro atoms. The molecule has 11 heteroatoms. The fourth-order valence-corrected chi connectivity index (χ4v) is 2.94. The lowest BCUT2D eigenvalue weighted by atomic mass is 10.1. The summed E-state index contributed by atoms with van der Waals surface area (Å²) in [5.74, 6) is 1.83. The van der Waals surface area contributed by atoms with Crippen molar-refractivity contribution in [3.05, 3.63) is 56.1 Å². The van der Waals surface area contributed by atoms with Gasteiger partial charge in [-0.2, -0.15) is 13.2 Å². The van der Waals surface area contributed by atoms with Crippen LogP contribution in [0, 0.1) is 17.3 Å². The third-order valence-corrected chi connectivity index (χ3v) is 4.68. The van der Waals surface area contributed by atoms with E-state index in [1.54, 1.807) is 0 Å². The Morgan fingerprint density at radius 2 is 1.77 bits per heavy atom. The molecular weight excluding hydrogens is 424 g/mol. The minimum Gasteiger partial charge on any atom is -0.466 e. The monoisotopic (exact) mass is 444 g/mol. The van der Waals surface area contributed by atoms with Crippen molar-refractivity contribution in [3.63, 3.8) is 0 Å². The van der Waals surface area contributed by atoms with Gasteiger partial charge in [0.2, 0.25) is 0 Å². The first-order chi connectivity index (χ1) is 13.8. The molecule has 30 heavy (non-hydrogen) atoms. The highest BCUT2D eigenvalue weighted by Gasteiger charge is 2.35. The lowest BCUT2D eigenvalue weighted by Gasteiger charge is -2.16. The van der Waals surface area contributed by atoms with Crippen LogP contribution in [0.15, 0.2) is 27.8 Å². The third kappa shape index (κ3) is 5.20. The van der Waals surface area contributed by atoms with Gasteiger partial charge in [0.15, 0.2) is 6.79 Å². The highest BCUT2D eigenvalue weighted by atomic mass is 28.3. The molecule has 6 nitrogen and oxygen atoms in total. The lowest BCUT2D eigenvalue weighted by molar-refractivity contribution is -0.144. The van der Waals surface area contributed by atoms with Crippen molar-refractivity contribution >= 4 is 8.07 Å². The minimum atomic E-state index is -4.92. The maximum Gasteiger partial charge on any atom is 0.431 e. The van der Waals surface area contributed by atoms with Gasteiger partial charge in [-0.3, -0.25) is 9.36 Å². The minimum absolute atomic E-state index is 0.0212.